The third-order valence-electron chi connectivity index (χ3n) is 4.96. The average Bonchev–Trinajstić information content (AvgIpc) is 2.71. The first kappa shape index (κ1) is 22.7. The highest BCUT2D eigenvalue weighted by molar-refractivity contribution is 6.33. The molecule has 0 spiro atoms. The molecule has 0 bridgehead atoms. The molecule has 1 heterocycles. The van der Waals surface area contributed by atoms with E-state index in [4.69, 9.17) is 11.6 Å². The van der Waals surface area contributed by atoms with E-state index >= 15 is 0 Å². The van der Waals surface area contributed by atoms with Crippen LogP contribution in [0.1, 0.15) is 25.3 Å². The van der Waals surface area contributed by atoms with Crippen LogP contribution in [-0.4, -0.2) is 63.0 Å². The zero-order valence-corrected chi connectivity index (χ0v) is 18.0. The molecule has 0 aromatic heterocycles. The number of anilines is 1. The Kier molecular flexibility index (Phi) is 8.08. The van der Waals surface area contributed by atoms with Crippen LogP contribution in [0.3, 0.4) is 0 Å². The second-order valence-corrected chi connectivity index (χ2v) is 7.70. The molecule has 1 aliphatic rings. The number of carbonyl (C=O) groups excluding carboxylic acids is 3. The van der Waals surface area contributed by atoms with E-state index in [-0.39, 0.29) is 17.7 Å². The number of halogens is 1. The van der Waals surface area contributed by atoms with Crippen LogP contribution in [0, 0.1) is 5.92 Å². The van der Waals surface area contributed by atoms with Crippen LogP contribution in [0.15, 0.2) is 24.3 Å². The van der Waals surface area contributed by atoms with E-state index in [2.05, 4.69) is 10.1 Å². The summed E-state index contributed by atoms with van der Waals surface area (Å²) >= 11 is 6.26. The van der Waals surface area contributed by atoms with Gasteiger partial charge in [-0.25, -0.2) is 4.79 Å². The number of piperidine rings is 1. The average molecular weight is 422 g/mol. The van der Waals surface area contributed by atoms with Crippen molar-refractivity contribution >= 4 is 41.1 Å². The molecule has 8 heteroatoms. The summed E-state index contributed by atoms with van der Waals surface area (Å²) < 4.78 is 4.61. The predicted molar refractivity (Wildman–Crippen MR) is 114 cm³/mol. The summed E-state index contributed by atoms with van der Waals surface area (Å²) in [5.74, 6) is -0.969. The highest BCUT2D eigenvalue weighted by atomic mass is 35.5. The maximum atomic E-state index is 12.5. The molecule has 1 aromatic rings. The first-order valence-electron chi connectivity index (χ1n) is 9.55. The van der Waals surface area contributed by atoms with E-state index in [1.165, 1.54) is 13.2 Å². The Balaban J connectivity index is 1.87. The number of hydrogen-bond acceptors (Lipinski definition) is 5. The van der Waals surface area contributed by atoms with Crippen LogP contribution < -0.4 is 10.2 Å². The van der Waals surface area contributed by atoms with Gasteiger partial charge in [0.1, 0.15) is 6.04 Å². The molecule has 1 fully saturated rings. The Labute approximate surface area is 176 Å². The Hall–Kier alpha value is -2.54. The molecule has 158 valence electrons. The van der Waals surface area contributed by atoms with Gasteiger partial charge in [0.25, 0.3) is 0 Å². The van der Waals surface area contributed by atoms with E-state index in [1.807, 2.05) is 37.2 Å². The summed E-state index contributed by atoms with van der Waals surface area (Å²) in [4.78, 5) is 39.8. The molecule has 1 saturated heterocycles. The lowest BCUT2D eigenvalue weighted by atomic mass is 9.95. The zero-order valence-electron chi connectivity index (χ0n) is 17.3. The fourth-order valence-electron chi connectivity index (χ4n) is 3.19. The van der Waals surface area contributed by atoms with Crippen LogP contribution in [-0.2, 0) is 19.1 Å². The normalized spacial score (nSPS) is 15.8. The SMILES string of the molecule is COC(=O)C(C)NC(=O)C1CCN(C(=O)C=Cc2ccc(N(C)C)c(Cl)c2)CC1. The minimum Gasteiger partial charge on any atom is -0.467 e. The summed E-state index contributed by atoms with van der Waals surface area (Å²) in [5.41, 5.74) is 1.76. The number of ether oxygens (including phenoxy) is 1. The van der Waals surface area contributed by atoms with Gasteiger partial charge in [-0.1, -0.05) is 17.7 Å². The van der Waals surface area contributed by atoms with Crippen molar-refractivity contribution in [3.05, 3.63) is 34.9 Å². The van der Waals surface area contributed by atoms with Crippen LogP contribution in [0.25, 0.3) is 6.08 Å². The van der Waals surface area contributed by atoms with E-state index < -0.39 is 12.0 Å². The van der Waals surface area contributed by atoms with Crippen molar-refractivity contribution < 1.29 is 19.1 Å². The second kappa shape index (κ2) is 10.3. The highest BCUT2D eigenvalue weighted by Crippen LogP contribution is 2.26. The summed E-state index contributed by atoms with van der Waals surface area (Å²) in [6.07, 6.45) is 4.39. The number of carbonyl (C=O) groups is 3. The highest BCUT2D eigenvalue weighted by Gasteiger charge is 2.28. The number of methoxy groups -OCH3 is 1. The largest absolute Gasteiger partial charge is 0.467 e. The molecule has 2 rings (SSSR count). The van der Waals surface area contributed by atoms with Gasteiger partial charge in [-0.05, 0) is 43.5 Å². The molecule has 0 radical (unpaired) electrons. The van der Waals surface area contributed by atoms with Crippen LogP contribution in [0.5, 0.6) is 0 Å². The zero-order chi connectivity index (χ0) is 21.6. The maximum absolute atomic E-state index is 12.5. The molecule has 2 amide bonds. The number of nitrogens with one attached hydrogen (secondary N) is 1. The first-order valence-corrected chi connectivity index (χ1v) is 9.92. The predicted octanol–water partition coefficient (Wildman–Crippen LogP) is 2.34. The third kappa shape index (κ3) is 6.22. The van der Waals surface area contributed by atoms with Crippen LogP contribution in [0.4, 0.5) is 5.69 Å². The lowest BCUT2D eigenvalue weighted by Gasteiger charge is -2.31. The number of esters is 1. The second-order valence-electron chi connectivity index (χ2n) is 7.29. The summed E-state index contributed by atoms with van der Waals surface area (Å²) in [6, 6.07) is 4.95. The number of nitrogens with zero attached hydrogens (tertiary/aromatic N) is 2. The van der Waals surface area contributed by atoms with Crippen molar-refractivity contribution in [2.24, 2.45) is 5.92 Å². The molecular weight excluding hydrogens is 394 g/mol. The van der Waals surface area contributed by atoms with Crippen molar-refractivity contribution in [2.45, 2.75) is 25.8 Å². The van der Waals surface area contributed by atoms with Gasteiger partial charge < -0.3 is 19.9 Å². The van der Waals surface area contributed by atoms with Gasteiger partial charge in [-0.3, -0.25) is 9.59 Å². The Morgan fingerprint density at radius 3 is 2.48 bits per heavy atom. The van der Waals surface area contributed by atoms with E-state index in [9.17, 15) is 14.4 Å². The molecule has 1 N–H and O–H groups in total. The van der Waals surface area contributed by atoms with Crippen LogP contribution in [0.2, 0.25) is 5.02 Å². The minimum absolute atomic E-state index is 0.0976. The standard InChI is InChI=1S/C21H28ClN3O4/c1-14(21(28)29-4)23-20(27)16-9-11-25(12-10-16)19(26)8-6-15-5-7-18(24(2)3)17(22)13-15/h5-8,13-14,16H,9-12H2,1-4H3,(H,23,27). The molecule has 1 aliphatic heterocycles. The van der Waals surface area contributed by atoms with Crippen molar-refractivity contribution in [2.75, 3.05) is 39.2 Å². The van der Waals surface area contributed by atoms with Crippen molar-refractivity contribution in [1.82, 2.24) is 10.2 Å². The molecule has 1 unspecified atom stereocenters. The van der Waals surface area contributed by atoms with Crippen molar-refractivity contribution in [3.63, 3.8) is 0 Å². The monoisotopic (exact) mass is 421 g/mol. The van der Waals surface area contributed by atoms with Crippen molar-refractivity contribution in [3.8, 4) is 0 Å². The van der Waals surface area contributed by atoms with E-state index in [1.54, 1.807) is 17.9 Å². The quantitative estimate of drug-likeness (QED) is 0.563. The van der Waals surface area contributed by atoms with Gasteiger partial charge >= 0.3 is 5.97 Å². The molecular formula is C21H28ClN3O4. The van der Waals surface area contributed by atoms with Gasteiger partial charge in [0.2, 0.25) is 11.8 Å². The molecule has 0 saturated carbocycles. The van der Waals surface area contributed by atoms with Crippen LogP contribution >= 0.6 is 11.6 Å². The van der Waals surface area contributed by atoms with E-state index in [0.717, 1.165) is 11.3 Å². The molecule has 7 nitrogen and oxygen atoms in total. The molecule has 29 heavy (non-hydrogen) atoms. The lowest BCUT2D eigenvalue weighted by Crippen LogP contribution is -2.46. The molecule has 1 atom stereocenters. The Morgan fingerprint density at radius 1 is 1.28 bits per heavy atom. The number of likely N-dealkylation sites (tertiary alicyclic amines) is 1. The van der Waals surface area contributed by atoms with Gasteiger partial charge in [0.05, 0.1) is 17.8 Å². The number of rotatable bonds is 6. The third-order valence-corrected chi connectivity index (χ3v) is 5.27. The number of hydrogen-bond donors (Lipinski definition) is 1. The number of amides is 2. The topological polar surface area (TPSA) is 79.0 Å². The van der Waals surface area contributed by atoms with Gasteiger partial charge in [-0.2, -0.15) is 0 Å². The lowest BCUT2D eigenvalue weighted by molar-refractivity contribution is -0.145. The van der Waals surface area contributed by atoms with Crippen molar-refractivity contribution in [1.29, 1.82) is 0 Å². The maximum Gasteiger partial charge on any atom is 0.328 e. The summed E-state index contributed by atoms with van der Waals surface area (Å²) in [5, 5.41) is 3.28. The Bertz CT molecular complexity index is 786. The molecule has 1 aromatic carbocycles. The number of benzene rings is 1. The molecule has 0 aliphatic carbocycles. The van der Waals surface area contributed by atoms with Gasteiger partial charge in [0, 0.05) is 39.2 Å². The fraction of sp³-hybridized carbons (Fsp3) is 0.476. The summed E-state index contributed by atoms with van der Waals surface area (Å²) in [6.45, 7) is 2.58. The first-order chi connectivity index (χ1) is 13.7. The smallest absolute Gasteiger partial charge is 0.328 e. The Morgan fingerprint density at radius 2 is 1.93 bits per heavy atom. The fourth-order valence-corrected chi connectivity index (χ4v) is 3.55. The van der Waals surface area contributed by atoms with Gasteiger partial charge in [-0.15, -0.1) is 0 Å². The minimum atomic E-state index is -0.680. The van der Waals surface area contributed by atoms with Gasteiger partial charge in [0.15, 0.2) is 0 Å². The van der Waals surface area contributed by atoms with E-state index in [0.29, 0.717) is 31.0 Å². The summed E-state index contributed by atoms with van der Waals surface area (Å²) in [7, 11) is 5.12.